The van der Waals surface area contributed by atoms with Gasteiger partial charge in [-0.05, 0) is 40.6 Å². The molecule has 5 nitrogen and oxygen atoms in total. The van der Waals surface area contributed by atoms with Crippen molar-refractivity contribution in [1.29, 1.82) is 0 Å². The highest BCUT2D eigenvalue weighted by Crippen LogP contribution is 2.13. The number of nitrogens with one attached hydrogen (secondary N) is 1. The Balaban J connectivity index is 2.69. The van der Waals surface area contributed by atoms with Crippen LogP contribution in [0.4, 0.5) is 0 Å². The molecule has 0 aliphatic rings. The number of thiophene rings is 1. The van der Waals surface area contributed by atoms with Gasteiger partial charge in [0.2, 0.25) is 0 Å². The molecule has 0 aromatic carbocycles. The largest absolute Gasteiger partial charge is 0.354 e. The maximum absolute atomic E-state index is 12.2. The second kappa shape index (κ2) is 6.81. The highest BCUT2D eigenvalue weighted by Gasteiger charge is 2.12. The molecule has 0 saturated heterocycles. The summed E-state index contributed by atoms with van der Waals surface area (Å²) in [6.45, 7) is 0. The maximum Gasteiger partial charge on any atom is 0.268 e. The van der Waals surface area contributed by atoms with Crippen molar-refractivity contribution in [2.45, 2.75) is 0 Å². The van der Waals surface area contributed by atoms with Gasteiger partial charge < -0.3 is 5.32 Å². The van der Waals surface area contributed by atoms with Gasteiger partial charge in [-0.2, -0.15) is 11.3 Å². The van der Waals surface area contributed by atoms with Crippen LogP contribution in [0.3, 0.4) is 0 Å². The molecule has 0 atom stereocenters. The zero-order valence-corrected chi connectivity index (χ0v) is 12.6. The van der Waals surface area contributed by atoms with E-state index >= 15 is 0 Å². The zero-order valence-electron chi connectivity index (χ0n) is 11.7. The van der Waals surface area contributed by atoms with E-state index in [1.54, 1.807) is 54.4 Å². The summed E-state index contributed by atoms with van der Waals surface area (Å²) in [5.74, 6) is -0.251. The van der Waals surface area contributed by atoms with E-state index in [-0.39, 0.29) is 5.91 Å². The van der Waals surface area contributed by atoms with Crippen molar-refractivity contribution in [3.05, 3.63) is 51.8 Å². The normalized spacial score (nSPS) is 12.3. The topological polar surface area (TPSA) is 63.5 Å². The summed E-state index contributed by atoms with van der Waals surface area (Å²) in [6, 6.07) is 5.29. The molecule has 1 amide bonds. The maximum atomic E-state index is 12.2. The van der Waals surface area contributed by atoms with Gasteiger partial charge in [0.05, 0.1) is 5.56 Å². The molecule has 0 aliphatic carbocycles. The fraction of sp³-hybridized carbons (Fsp3) is 0.133. The van der Waals surface area contributed by atoms with Crippen LogP contribution in [0.1, 0.15) is 15.9 Å². The monoisotopic (exact) mass is 301 g/mol. The zero-order chi connectivity index (χ0) is 15.2. The number of aldehydes is 1. The van der Waals surface area contributed by atoms with Crippen LogP contribution < -0.4 is 10.8 Å². The molecular formula is C15H15N3O2S. The van der Waals surface area contributed by atoms with E-state index in [1.807, 2.05) is 16.8 Å². The quantitative estimate of drug-likeness (QED) is 0.689. The number of amides is 1. The van der Waals surface area contributed by atoms with Crippen molar-refractivity contribution in [1.82, 2.24) is 9.88 Å². The minimum absolute atomic E-state index is 0.251. The van der Waals surface area contributed by atoms with Crippen LogP contribution in [0.2, 0.25) is 0 Å². The molecule has 21 heavy (non-hydrogen) atoms. The van der Waals surface area contributed by atoms with Gasteiger partial charge in [-0.1, -0.05) is 0 Å². The van der Waals surface area contributed by atoms with E-state index in [0.29, 0.717) is 16.7 Å². The molecule has 0 bridgehead atoms. The molecule has 0 fully saturated rings. The Bertz CT molecular complexity index is 743. The van der Waals surface area contributed by atoms with Crippen LogP contribution in [0, 0.1) is 0 Å². The Morgan fingerprint density at radius 2 is 2.24 bits per heavy atom. The lowest BCUT2D eigenvalue weighted by Crippen LogP contribution is -2.31. The van der Waals surface area contributed by atoms with Crippen LogP contribution in [0.25, 0.3) is 11.8 Å². The fourth-order valence-electron chi connectivity index (χ4n) is 1.93. The lowest BCUT2D eigenvalue weighted by atomic mass is 10.2. The van der Waals surface area contributed by atoms with Crippen molar-refractivity contribution < 1.29 is 9.59 Å². The molecule has 0 aliphatic heterocycles. The molecule has 2 aromatic rings. The van der Waals surface area contributed by atoms with Crippen LogP contribution in [-0.2, 0) is 4.79 Å². The Labute approximate surface area is 126 Å². The van der Waals surface area contributed by atoms with Gasteiger partial charge in [0.1, 0.15) is 11.2 Å². The highest BCUT2D eigenvalue weighted by molar-refractivity contribution is 7.08. The van der Waals surface area contributed by atoms with E-state index in [9.17, 15) is 9.59 Å². The Morgan fingerprint density at radius 3 is 2.81 bits per heavy atom. The van der Waals surface area contributed by atoms with E-state index in [1.165, 1.54) is 0 Å². The Hall–Kier alpha value is -2.47. The van der Waals surface area contributed by atoms with E-state index in [4.69, 9.17) is 0 Å². The molecule has 1 N–H and O–H groups in total. The molecule has 6 heteroatoms. The smallest absolute Gasteiger partial charge is 0.268 e. The molecule has 0 saturated carbocycles. The van der Waals surface area contributed by atoms with Crippen LogP contribution in [0.5, 0.6) is 0 Å². The van der Waals surface area contributed by atoms with E-state index in [2.05, 4.69) is 10.3 Å². The second-order valence-electron chi connectivity index (χ2n) is 4.16. The average molecular weight is 301 g/mol. The number of hydrogen-bond donors (Lipinski definition) is 1. The van der Waals surface area contributed by atoms with Crippen molar-refractivity contribution in [2.75, 3.05) is 14.1 Å². The van der Waals surface area contributed by atoms with E-state index in [0.717, 1.165) is 11.8 Å². The fourth-order valence-corrected chi connectivity index (χ4v) is 2.55. The summed E-state index contributed by atoms with van der Waals surface area (Å²) in [4.78, 5) is 27.4. The highest BCUT2D eigenvalue weighted by atomic mass is 32.1. The van der Waals surface area contributed by atoms with Crippen molar-refractivity contribution in [3.8, 4) is 0 Å². The number of hydrogen-bond acceptors (Lipinski definition) is 4. The minimum Gasteiger partial charge on any atom is -0.354 e. The van der Waals surface area contributed by atoms with E-state index < -0.39 is 0 Å². The number of nitrogens with zero attached hydrogens (tertiary/aromatic N) is 2. The SMILES string of the molecule is CN=c1c(C=O)cccn1/C(=C/c1ccsc1)C(=O)NC. The van der Waals surface area contributed by atoms with Crippen LogP contribution in [-0.4, -0.2) is 30.9 Å². The third-order valence-electron chi connectivity index (χ3n) is 2.90. The minimum atomic E-state index is -0.251. The summed E-state index contributed by atoms with van der Waals surface area (Å²) >= 11 is 1.55. The first-order valence-corrected chi connectivity index (χ1v) is 7.21. The first-order chi connectivity index (χ1) is 10.2. The molecule has 108 valence electrons. The van der Waals surface area contributed by atoms with Crippen LogP contribution in [0.15, 0.2) is 40.1 Å². The summed E-state index contributed by atoms with van der Waals surface area (Å²) in [7, 11) is 3.15. The predicted molar refractivity (Wildman–Crippen MR) is 83.9 cm³/mol. The van der Waals surface area contributed by atoms with Crippen molar-refractivity contribution >= 4 is 35.3 Å². The molecular weight excluding hydrogens is 286 g/mol. The summed E-state index contributed by atoms with van der Waals surface area (Å²) in [6.07, 6.45) is 4.20. The molecule has 0 spiro atoms. The third kappa shape index (κ3) is 3.17. The second-order valence-corrected chi connectivity index (χ2v) is 4.94. The first-order valence-electron chi connectivity index (χ1n) is 6.27. The molecule has 2 aromatic heterocycles. The molecule has 0 unspecified atom stereocenters. The van der Waals surface area contributed by atoms with Gasteiger partial charge in [0.25, 0.3) is 5.91 Å². The van der Waals surface area contributed by atoms with Gasteiger partial charge in [0.15, 0.2) is 6.29 Å². The number of aromatic nitrogens is 1. The molecule has 2 heterocycles. The number of rotatable bonds is 4. The van der Waals surface area contributed by atoms with Crippen LogP contribution >= 0.6 is 11.3 Å². The number of carbonyl (C=O) groups excluding carboxylic acids is 2. The van der Waals surface area contributed by atoms with Crippen molar-refractivity contribution in [3.63, 3.8) is 0 Å². The predicted octanol–water partition coefficient (Wildman–Crippen LogP) is 1.64. The first kappa shape index (κ1) is 14.9. The van der Waals surface area contributed by atoms with Crippen molar-refractivity contribution in [2.24, 2.45) is 4.99 Å². The van der Waals surface area contributed by atoms with Gasteiger partial charge in [-0.15, -0.1) is 0 Å². The number of carbonyl (C=O) groups is 2. The Morgan fingerprint density at radius 1 is 1.43 bits per heavy atom. The number of likely N-dealkylation sites (N-methyl/N-ethyl adjacent to an activating group) is 1. The van der Waals surface area contributed by atoms with Gasteiger partial charge in [-0.3, -0.25) is 19.1 Å². The standard InChI is InChI=1S/C15H15N3O2S/c1-16-14-12(9-19)4-3-6-18(14)13(15(20)17-2)8-11-5-7-21-10-11/h3-10H,1-2H3,(H,17,20)/b13-8+,16-14?. The molecule has 0 radical (unpaired) electrons. The lowest BCUT2D eigenvalue weighted by molar-refractivity contribution is -0.115. The Kier molecular flexibility index (Phi) is 4.84. The molecule has 2 rings (SSSR count). The third-order valence-corrected chi connectivity index (χ3v) is 3.60. The van der Waals surface area contributed by atoms with Gasteiger partial charge in [-0.25, -0.2) is 0 Å². The number of pyridine rings is 1. The van der Waals surface area contributed by atoms with Gasteiger partial charge >= 0.3 is 0 Å². The summed E-state index contributed by atoms with van der Waals surface area (Å²) in [5.41, 5.74) is 2.20. The summed E-state index contributed by atoms with van der Waals surface area (Å²) in [5, 5.41) is 6.49. The van der Waals surface area contributed by atoms with Gasteiger partial charge in [0, 0.05) is 20.3 Å². The summed E-state index contributed by atoms with van der Waals surface area (Å²) < 4.78 is 1.61. The average Bonchev–Trinajstić information content (AvgIpc) is 3.04. The lowest BCUT2D eigenvalue weighted by Gasteiger charge is -2.12.